The zero-order valence-electron chi connectivity index (χ0n) is 22.1. The second-order valence-electron chi connectivity index (χ2n) is 8.33. The van der Waals surface area contributed by atoms with Crippen LogP contribution in [-0.4, -0.2) is 78.2 Å². The van der Waals surface area contributed by atoms with E-state index in [2.05, 4.69) is 31.4 Å². The number of carboxylic acids is 2. The molecule has 0 radical (unpaired) electrons. The molecule has 0 aliphatic heterocycles. The molecule has 1 amide bonds. The molecule has 1 unspecified atom stereocenters. The van der Waals surface area contributed by atoms with Crippen LogP contribution >= 0.6 is 0 Å². The average Bonchev–Trinajstić information content (AvgIpc) is 3.64. The molecule has 0 saturated heterocycles. The number of carbonyl (C=O) groups is 3. The van der Waals surface area contributed by atoms with Crippen molar-refractivity contribution in [3.05, 3.63) is 66.4 Å². The Kier molecular flexibility index (Phi) is 11.9. The molecule has 0 aliphatic rings. The summed E-state index contributed by atoms with van der Waals surface area (Å²) in [4.78, 5) is 41.8. The Morgan fingerprint density at radius 2 is 1.70 bits per heavy atom. The number of hydrogen-bond acceptors (Lipinski definition) is 8. The number of nitriles is 1. The summed E-state index contributed by atoms with van der Waals surface area (Å²) in [5.41, 5.74) is 9.12. The maximum atomic E-state index is 12.3. The summed E-state index contributed by atoms with van der Waals surface area (Å²) in [6, 6.07) is 11.0. The molecule has 13 nitrogen and oxygen atoms in total. The van der Waals surface area contributed by atoms with Crippen LogP contribution in [-0.2, 0) is 9.59 Å². The summed E-state index contributed by atoms with van der Waals surface area (Å²) in [7, 11) is 0. The van der Waals surface area contributed by atoms with Crippen molar-refractivity contribution in [2.24, 2.45) is 5.73 Å². The number of amides is 1. The molecule has 0 fully saturated rings. The predicted octanol–water partition coefficient (Wildman–Crippen LogP) is 3.28. The number of nitrogens with one attached hydrogen (secondary N) is 2. The minimum absolute atomic E-state index is 0.199. The van der Waals surface area contributed by atoms with E-state index in [1.165, 1.54) is 6.33 Å². The van der Waals surface area contributed by atoms with Gasteiger partial charge in [0, 0.05) is 42.0 Å². The fraction of sp³-hybridized carbons (Fsp3) is 0.240. The Labute approximate surface area is 242 Å². The summed E-state index contributed by atoms with van der Waals surface area (Å²) in [5, 5.41) is 31.8. The van der Waals surface area contributed by atoms with E-state index in [-0.39, 0.29) is 18.4 Å². The Morgan fingerprint density at radius 1 is 1.07 bits per heavy atom. The summed E-state index contributed by atoms with van der Waals surface area (Å²) in [6.45, 7) is 0.774. The highest BCUT2D eigenvalue weighted by molar-refractivity contribution is 5.94. The van der Waals surface area contributed by atoms with E-state index in [1.54, 1.807) is 29.1 Å². The molecule has 1 aromatic carbocycles. The second kappa shape index (κ2) is 15.1. The van der Waals surface area contributed by atoms with Crippen LogP contribution in [0.5, 0.6) is 0 Å². The zero-order chi connectivity index (χ0) is 33.1. The van der Waals surface area contributed by atoms with Crippen molar-refractivity contribution in [3.63, 3.8) is 0 Å². The predicted molar refractivity (Wildman–Crippen MR) is 139 cm³/mol. The van der Waals surface area contributed by atoms with Crippen molar-refractivity contribution in [3.8, 4) is 17.3 Å². The summed E-state index contributed by atoms with van der Waals surface area (Å²) >= 11 is 0. The smallest absolute Gasteiger partial charge is 0.475 e. The highest BCUT2D eigenvalue weighted by Crippen LogP contribution is 2.28. The standard InChI is InChI=1S/C21H20N8O.2C2HF3O2/c22-6-4-18(14-2-1-3-15(10-14)21(30)25-9-7-23)29-12-16(11-28-29)19-17-5-8-24-20(17)27-13-26-19;2*3-2(4,5)1(6)7/h1-3,5,8,10-13,18H,4,7,9,23H2,(H,25,30)(H,24,26,27);2*(H,6,7). The van der Waals surface area contributed by atoms with Gasteiger partial charge in [-0.3, -0.25) is 9.48 Å². The SMILES string of the molecule is N#CCC(c1cccc(C(=O)NCCN)c1)n1cc(-c2ncnc3[nH]ccc23)cn1.O=C(O)C(F)(F)F.O=C(O)C(F)(F)F. The van der Waals surface area contributed by atoms with E-state index in [1.807, 2.05) is 24.5 Å². The number of hydrogen-bond donors (Lipinski definition) is 5. The molecular formula is C25H22F6N8O5. The van der Waals surface area contributed by atoms with Crippen molar-refractivity contribution in [1.29, 1.82) is 5.26 Å². The molecule has 19 heteroatoms. The summed E-state index contributed by atoms with van der Waals surface area (Å²) in [5.74, 6) is -5.71. The third-order valence-corrected chi connectivity index (χ3v) is 5.28. The molecule has 0 aliphatic carbocycles. The van der Waals surface area contributed by atoms with Gasteiger partial charge in [0.1, 0.15) is 12.0 Å². The van der Waals surface area contributed by atoms with Crippen LogP contribution in [0.2, 0.25) is 0 Å². The number of halogens is 6. The van der Waals surface area contributed by atoms with Gasteiger partial charge in [0.15, 0.2) is 0 Å². The monoisotopic (exact) mass is 628 g/mol. The highest BCUT2D eigenvalue weighted by Gasteiger charge is 2.38. The quantitative estimate of drug-likeness (QED) is 0.188. The van der Waals surface area contributed by atoms with Crippen molar-refractivity contribution >= 4 is 28.9 Å². The van der Waals surface area contributed by atoms with E-state index >= 15 is 0 Å². The zero-order valence-corrected chi connectivity index (χ0v) is 22.1. The molecule has 6 N–H and O–H groups in total. The Morgan fingerprint density at radius 3 is 2.27 bits per heavy atom. The topological polar surface area (TPSA) is 213 Å². The first kappa shape index (κ1) is 34.7. The third kappa shape index (κ3) is 9.80. The Balaban J connectivity index is 0.000000402. The first-order chi connectivity index (χ1) is 20.6. The normalized spacial score (nSPS) is 11.7. The number of benzene rings is 1. The van der Waals surface area contributed by atoms with Gasteiger partial charge in [-0.1, -0.05) is 12.1 Å². The number of aliphatic carboxylic acids is 2. The molecule has 3 heterocycles. The van der Waals surface area contributed by atoms with Crippen molar-refractivity contribution < 1.29 is 50.9 Å². The van der Waals surface area contributed by atoms with Gasteiger partial charge in [0.2, 0.25) is 0 Å². The van der Waals surface area contributed by atoms with Crippen LogP contribution < -0.4 is 11.1 Å². The lowest BCUT2D eigenvalue weighted by atomic mass is 10.0. The number of aromatic amines is 1. The number of H-pyrrole nitrogens is 1. The van der Waals surface area contributed by atoms with Crippen LogP contribution in [0.4, 0.5) is 26.3 Å². The van der Waals surface area contributed by atoms with Gasteiger partial charge in [0.05, 0.1) is 30.4 Å². The first-order valence-corrected chi connectivity index (χ1v) is 12.0. The number of carbonyl (C=O) groups excluding carboxylic acids is 1. The molecule has 44 heavy (non-hydrogen) atoms. The van der Waals surface area contributed by atoms with Crippen molar-refractivity contribution in [2.45, 2.75) is 24.8 Å². The fourth-order valence-electron chi connectivity index (χ4n) is 3.36. The van der Waals surface area contributed by atoms with Gasteiger partial charge in [-0.15, -0.1) is 0 Å². The highest BCUT2D eigenvalue weighted by atomic mass is 19.4. The van der Waals surface area contributed by atoms with E-state index in [9.17, 15) is 36.4 Å². The summed E-state index contributed by atoms with van der Waals surface area (Å²) in [6.07, 6.45) is -3.07. The first-order valence-electron chi connectivity index (χ1n) is 12.0. The lowest BCUT2D eigenvalue weighted by Gasteiger charge is -2.16. The lowest BCUT2D eigenvalue weighted by Crippen LogP contribution is -2.29. The molecule has 0 bridgehead atoms. The maximum absolute atomic E-state index is 12.3. The van der Waals surface area contributed by atoms with Crippen LogP contribution in [0.25, 0.3) is 22.3 Å². The lowest BCUT2D eigenvalue weighted by molar-refractivity contribution is -0.193. The van der Waals surface area contributed by atoms with Gasteiger partial charge in [-0.2, -0.15) is 36.7 Å². The molecule has 234 valence electrons. The molecule has 4 rings (SSSR count). The van der Waals surface area contributed by atoms with Crippen LogP contribution in [0.1, 0.15) is 28.4 Å². The number of alkyl halides is 6. The minimum atomic E-state index is -5.08. The molecule has 4 aromatic rings. The van der Waals surface area contributed by atoms with E-state index < -0.39 is 24.3 Å². The van der Waals surface area contributed by atoms with Crippen LogP contribution in [0, 0.1) is 11.3 Å². The van der Waals surface area contributed by atoms with Gasteiger partial charge >= 0.3 is 24.3 Å². The number of rotatable bonds is 7. The van der Waals surface area contributed by atoms with Crippen molar-refractivity contribution in [1.82, 2.24) is 30.0 Å². The number of fused-ring (bicyclic) bond motifs is 1. The van der Waals surface area contributed by atoms with E-state index in [0.29, 0.717) is 18.7 Å². The fourth-order valence-corrected chi connectivity index (χ4v) is 3.36. The summed E-state index contributed by atoms with van der Waals surface area (Å²) < 4.78 is 65.2. The van der Waals surface area contributed by atoms with E-state index in [4.69, 9.17) is 25.5 Å². The number of nitrogens with zero attached hydrogens (tertiary/aromatic N) is 5. The number of carboxylic acid groups (broad SMARTS) is 2. The van der Waals surface area contributed by atoms with Gasteiger partial charge in [-0.25, -0.2) is 19.6 Å². The van der Waals surface area contributed by atoms with E-state index in [0.717, 1.165) is 27.9 Å². The largest absolute Gasteiger partial charge is 0.490 e. The van der Waals surface area contributed by atoms with Crippen molar-refractivity contribution in [2.75, 3.05) is 13.1 Å². The van der Waals surface area contributed by atoms with Gasteiger partial charge in [-0.05, 0) is 23.8 Å². The minimum Gasteiger partial charge on any atom is -0.475 e. The molecule has 1 atom stereocenters. The maximum Gasteiger partial charge on any atom is 0.490 e. The van der Waals surface area contributed by atoms with Gasteiger partial charge in [0.25, 0.3) is 5.91 Å². The van der Waals surface area contributed by atoms with Crippen LogP contribution in [0.15, 0.2) is 55.2 Å². The third-order valence-electron chi connectivity index (χ3n) is 5.28. The molecule has 0 spiro atoms. The second-order valence-corrected chi connectivity index (χ2v) is 8.33. The Bertz CT molecular complexity index is 1600. The Hall–Kier alpha value is -5.51. The number of nitrogens with two attached hydrogens (primary N) is 1. The van der Waals surface area contributed by atoms with Gasteiger partial charge < -0.3 is 26.2 Å². The average molecular weight is 628 g/mol. The molecule has 0 saturated carbocycles. The number of aromatic nitrogens is 5. The molecule has 3 aromatic heterocycles. The van der Waals surface area contributed by atoms with Crippen LogP contribution in [0.3, 0.4) is 0 Å². The molecular weight excluding hydrogens is 606 g/mol.